The number of carbonyl (C=O) groups is 2. The third-order valence-electron chi connectivity index (χ3n) is 4.85. The zero-order valence-corrected chi connectivity index (χ0v) is 15.4. The van der Waals surface area contributed by atoms with Gasteiger partial charge in [0.15, 0.2) is 0 Å². The molecule has 6 nitrogen and oxygen atoms in total. The number of aromatic nitrogens is 1. The first kappa shape index (κ1) is 19.0. The molecule has 0 unspecified atom stereocenters. The Morgan fingerprint density at radius 2 is 1.59 bits per heavy atom. The fourth-order valence-electron chi connectivity index (χ4n) is 3.37. The summed E-state index contributed by atoms with van der Waals surface area (Å²) in [6.07, 6.45) is 5.09. The second-order valence-corrected chi connectivity index (χ2v) is 6.85. The van der Waals surface area contributed by atoms with Crippen molar-refractivity contribution in [2.75, 3.05) is 13.1 Å². The van der Waals surface area contributed by atoms with Gasteiger partial charge in [0.2, 0.25) is 0 Å². The van der Waals surface area contributed by atoms with Crippen molar-refractivity contribution in [3.63, 3.8) is 0 Å². The molecule has 27 heavy (non-hydrogen) atoms. The molecule has 1 aliphatic rings. The predicted octanol–water partition coefficient (Wildman–Crippen LogP) is 3.09. The van der Waals surface area contributed by atoms with E-state index in [0.717, 1.165) is 25.2 Å². The Kier molecular flexibility index (Phi) is 6.54. The SMILES string of the molecule is O=C(O)c1cccc(C(=O)NCc2ccccc2CN2CCCCCC2)n1. The lowest BCUT2D eigenvalue weighted by molar-refractivity contribution is 0.0690. The van der Waals surface area contributed by atoms with Crippen molar-refractivity contribution in [2.45, 2.75) is 38.8 Å². The molecule has 6 heteroatoms. The maximum absolute atomic E-state index is 12.4. The normalized spacial score (nSPS) is 15.1. The molecule has 1 fully saturated rings. The van der Waals surface area contributed by atoms with E-state index in [0.29, 0.717) is 6.54 Å². The van der Waals surface area contributed by atoms with Gasteiger partial charge in [-0.1, -0.05) is 43.2 Å². The summed E-state index contributed by atoms with van der Waals surface area (Å²) in [5, 5.41) is 11.9. The number of likely N-dealkylation sites (tertiary alicyclic amines) is 1. The van der Waals surface area contributed by atoms with Gasteiger partial charge in [-0.3, -0.25) is 9.69 Å². The van der Waals surface area contributed by atoms with Gasteiger partial charge in [0.1, 0.15) is 11.4 Å². The average Bonchev–Trinajstić information content (AvgIpc) is 2.96. The Morgan fingerprint density at radius 1 is 0.926 bits per heavy atom. The molecule has 1 saturated heterocycles. The average molecular weight is 367 g/mol. The lowest BCUT2D eigenvalue weighted by Gasteiger charge is -2.21. The first-order chi connectivity index (χ1) is 13.1. The first-order valence-corrected chi connectivity index (χ1v) is 9.41. The van der Waals surface area contributed by atoms with Crippen LogP contribution in [0.25, 0.3) is 0 Å². The number of carboxylic acids is 1. The molecule has 0 bridgehead atoms. The van der Waals surface area contributed by atoms with Crippen LogP contribution in [0, 0.1) is 0 Å². The Labute approximate surface area is 159 Å². The minimum absolute atomic E-state index is 0.111. The largest absolute Gasteiger partial charge is 0.477 e. The summed E-state index contributed by atoms with van der Waals surface area (Å²) in [6.45, 7) is 3.51. The standard InChI is InChI=1S/C21H25N3O3/c25-20(18-10-7-11-19(23-18)21(26)27)22-14-16-8-3-4-9-17(16)15-24-12-5-1-2-6-13-24/h3-4,7-11H,1-2,5-6,12-15H2,(H,22,25)(H,26,27). The molecule has 0 atom stereocenters. The van der Waals surface area contributed by atoms with Crippen LogP contribution in [-0.4, -0.2) is 40.0 Å². The summed E-state index contributed by atoms with van der Waals surface area (Å²) in [4.78, 5) is 29.7. The number of rotatable bonds is 6. The number of amides is 1. The van der Waals surface area contributed by atoms with Crippen LogP contribution < -0.4 is 5.32 Å². The van der Waals surface area contributed by atoms with Crippen LogP contribution in [0.15, 0.2) is 42.5 Å². The van der Waals surface area contributed by atoms with Gasteiger partial charge >= 0.3 is 5.97 Å². The molecular formula is C21H25N3O3. The molecule has 1 amide bonds. The smallest absolute Gasteiger partial charge is 0.354 e. The molecule has 1 aliphatic heterocycles. The maximum Gasteiger partial charge on any atom is 0.354 e. The lowest BCUT2D eigenvalue weighted by atomic mass is 10.1. The summed E-state index contributed by atoms with van der Waals surface area (Å²) in [6, 6.07) is 12.5. The molecule has 2 N–H and O–H groups in total. The molecule has 1 aromatic carbocycles. The molecule has 1 aromatic heterocycles. The summed E-state index contributed by atoms with van der Waals surface area (Å²) in [5.74, 6) is -1.52. The molecular weight excluding hydrogens is 342 g/mol. The van der Waals surface area contributed by atoms with Crippen LogP contribution in [-0.2, 0) is 13.1 Å². The minimum atomic E-state index is -1.15. The molecule has 2 aromatic rings. The number of carboxylic acid groups (broad SMARTS) is 1. The number of aromatic carboxylic acids is 1. The van der Waals surface area contributed by atoms with Gasteiger partial charge in [-0.25, -0.2) is 9.78 Å². The number of nitrogens with one attached hydrogen (secondary N) is 1. The van der Waals surface area contributed by atoms with Crippen LogP contribution in [0.4, 0.5) is 0 Å². The van der Waals surface area contributed by atoms with Crippen LogP contribution >= 0.6 is 0 Å². The van der Waals surface area contributed by atoms with E-state index in [-0.39, 0.29) is 17.3 Å². The third-order valence-corrected chi connectivity index (χ3v) is 4.85. The number of carbonyl (C=O) groups excluding carboxylic acids is 1. The highest BCUT2D eigenvalue weighted by Gasteiger charge is 2.14. The van der Waals surface area contributed by atoms with E-state index in [1.807, 2.05) is 18.2 Å². The van der Waals surface area contributed by atoms with Crippen molar-refractivity contribution in [1.82, 2.24) is 15.2 Å². The van der Waals surface area contributed by atoms with Gasteiger partial charge < -0.3 is 10.4 Å². The van der Waals surface area contributed by atoms with Gasteiger partial charge in [-0.2, -0.15) is 0 Å². The van der Waals surface area contributed by atoms with E-state index in [4.69, 9.17) is 5.11 Å². The topological polar surface area (TPSA) is 82.5 Å². The van der Waals surface area contributed by atoms with Crippen molar-refractivity contribution in [3.05, 3.63) is 65.0 Å². The fourth-order valence-corrected chi connectivity index (χ4v) is 3.37. The zero-order chi connectivity index (χ0) is 19.1. The second-order valence-electron chi connectivity index (χ2n) is 6.85. The van der Waals surface area contributed by atoms with Gasteiger partial charge in [-0.15, -0.1) is 0 Å². The molecule has 2 heterocycles. The summed E-state index contributed by atoms with van der Waals surface area (Å²) < 4.78 is 0. The van der Waals surface area contributed by atoms with Crippen molar-refractivity contribution < 1.29 is 14.7 Å². The Morgan fingerprint density at radius 3 is 2.30 bits per heavy atom. The van der Waals surface area contributed by atoms with E-state index in [9.17, 15) is 9.59 Å². The minimum Gasteiger partial charge on any atom is -0.477 e. The number of benzene rings is 1. The third kappa shape index (κ3) is 5.37. The van der Waals surface area contributed by atoms with Crippen LogP contribution in [0.2, 0.25) is 0 Å². The van der Waals surface area contributed by atoms with Gasteiger partial charge in [-0.05, 0) is 49.2 Å². The van der Waals surface area contributed by atoms with E-state index < -0.39 is 5.97 Å². The summed E-state index contributed by atoms with van der Waals surface area (Å²) in [5.41, 5.74) is 2.26. The Balaban J connectivity index is 1.64. The molecule has 142 valence electrons. The quantitative estimate of drug-likeness (QED) is 0.820. The predicted molar refractivity (Wildman–Crippen MR) is 103 cm³/mol. The van der Waals surface area contributed by atoms with Crippen molar-refractivity contribution >= 4 is 11.9 Å². The second kappa shape index (κ2) is 9.28. The van der Waals surface area contributed by atoms with E-state index >= 15 is 0 Å². The number of pyridine rings is 1. The van der Waals surface area contributed by atoms with Crippen molar-refractivity contribution in [2.24, 2.45) is 0 Å². The van der Waals surface area contributed by atoms with Gasteiger partial charge in [0, 0.05) is 13.1 Å². The molecule has 0 saturated carbocycles. The first-order valence-electron chi connectivity index (χ1n) is 9.41. The molecule has 0 radical (unpaired) electrons. The Hall–Kier alpha value is -2.73. The number of hydrogen-bond acceptors (Lipinski definition) is 4. The highest BCUT2D eigenvalue weighted by Crippen LogP contribution is 2.16. The molecule has 0 aliphatic carbocycles. The summed E-state index contributed by atoms with van der Waals surface area (Å²) >= 11 is 0. The zero-order valence-electron chi connectivity index (χ0n) is 15.4. The monoisotopic (exact) mass is 367 g/mol. The number of hydrogen-bond donors (Lipinski definition) is 2. The number of nitrogens with zero attached hydrogens (tertiary/aromatic N) is 2. The van der Waals surface area contributed by atoms with E-state index in [2.05, 4.69) is 21.3 Å². The lowest BCUT2D eigenvalue weighted by Crippen LogP contribution is -2.27. The van der Waals surface area contributed by atoms with Gasteiger partial charge in [0.05, 0.1) is 0 Å². The van der Waals surface area contributed by atoms with Crippen LogP contribution in [0.5, 0.6) is 0 Å². The Bertz CT molecular complexity index is 799. The molecule has 3 rings (SSSR count). The van der Waals surface area contributed by atoms with Crippen molar-refractivity contribution in [1.29, 1.82) is 0 Å². The van der Waals surface area contributed by atoms with Gasteiger partial charge in [0.25, 0.3) is 5.91 Å². The van der Waals surface area contributed by atoms with Crippen LogP contribution in [0.3, 0.4) is 0 Å². The highest BCUT2D eigenvalue weighted by molar-refractivity contribution is 5.94. The van der Waals surface area contributed by atoms with Crippen molar-refractivity contribution in [3.8, 4) is 0 Å². The van der Waals surface area contributed by atoms with Crippen LogP contribution in [0.1, 0.15) is 57.8 Å². The highest BCUT2D eigenvalue weighted by atomic mass is 16.4. The fraction of sp³-hybridized carbons (Fsp3) is 0.381. The van der Waals surface area contributed by atoms with E-state index in [1.54, 1.807) is 0 Å². The maximum atomic E-state index is 12.4. The molecule has 0 spiro atoms. The summed E-state index contributed by atoms with van der Waals surface area (Å²) in [7, 11) is 0. The van der Waals surface area contributed by atoms with E-state index in [1.165, 1.54) is 49.4 Å².